The number of carbonyl (C=O) groups is 1. The lowest BCUT2D eigenvalue weighted by atomic mass is 10.0. The Morgan fingerprint density at radius 3 is 3.00 bits per heavy atom. The second-order valence-corrected chi connectivity index (χ2v) is 6.83. The van der Waals surface area contributed by atoms with Gasteiger partial charge in [0.2, 0.25) is 0 Å². The summed E-state index contributed by atoms with van der Waals surface area (Å²) < 4.78 is 2.17. The van der Waals surface area contributed by atoms with Crippen LogP contribution in [0.1, 0.15) is 62.0 Å². The smallest absolute Gasteiger partial charge is 0.318 e. The van der Waals surface area contributed by atoms with E-state index in [9.17, 15) is 4.79 Å². The quantitative estimate of drug-likeness (QED) is 0.893. The van der Waals surface area contributed by atoms with E-state index in [4.69, 9.17) is 0 Å². The molecule has 0 spiro atoms. The molecule has 2 N–H and O–H groups in total. The van der Waals surface area contributed by atoms with E-state index in [1.54, 1.807) is 6.20 Å². The highest BCUT2D eigenvalue weighted by molar-refractivity contribution is 5.74. The van der Waals surface area contributed by atoms with E-state index in [-0.39, 0.29) is 12.1 Å². The van der Waals surface area contributed by atoms with Crippen molar-refractivity contribution in [3.8, 4) is 0 Å². The second kappa shape index (κ2) is 7.25. The molecule has 4 heterocycles. The number of fused-ring (bicyclic) bond motifs is 1. The van der Waals surface area contributed by atoms with Gasteiger partial charge < -0.3 is 19.8 Å². The number of carbonyl (C=O) groups excluding carboxylic acids is 1. The molecule has 0 aliphatic carbocycles. The third-order valence-electron chi connectivity index (χ3n) is 5.18. The van der Waals surface area contributed by atoms with Crippen molar-refractivity contribution in [3.05, 3.63) is 29.9 Å². The lowest BCUT2D eigenvalue weighted by molar-refractivity contribution is 0.147. The molecule has 0 saturated carbocycles. The number of aryl methyl sites for hydroxylation is 1. The lowest BCUT2D eigenvalue weighted by Gasteiger charge is -2.34. The minimum absolute atomic E-state index is 0.0271. The topological polar surface area (TPSA) is 91.7 Å². The van der Waals surface area contributed by atoms with Crippen LogP contribution in [0.2, 0.25) is 0 Å². The van der Waals surface area contributed by atoms with Crippen molar-refractivity contribution in [2.45, 2.75) is 64.1 Å². The van der Waals surface area contributed by atoms with Gasteiger partial charge in [0.05, 0.1) is 12.6 Å². The van der Waals surface area contributed by atoms with Crippen LogP contribution in [-0.4, -0.2) is 42.2 Å². The molecule has 4 rings (SSSR count). The minimum Gasteiger partial charge on any atom is -0.347 e. The molecular formula is C17H25N7O. The van der Waals surface area contributed by atoms with Crippen molar-refractivity contribution in [3.63, 3.8) is 0 Å². The highest BCUT2D eigenvalue weighted by Crippen LogP contribution is 2.28. The summed E-state index contributed by atoms with van der Waals surface area (Å²) in [6, 6.07) is -0.0219. The van der Waals surface area contributed by atoms with Gasteiger partial charge in [-0.1, -0.05) is 6.42 Å². The summed E-state index contributed by atoms with van der Waals surface area (Å²) in [7, 11) is 0. The molecule has 1 fully saturated rings. The molecule has 8 nitrogen and oxygen atoms in total. The summed E-state index contributed by atoms with van der Waals surface area (Å²) in [6.45, 7) is 2.13. The van der Waals surface area contributed by atoms with Gasteiger partial charge >= 0.3 is 6.03 Å². The number of hydrogen-bond donors (Lipinski definition) is 2. The molecule has 0 radical (unpaired) electrons. The third-order valence-corrected chi connectivity index (χ3v) is 5.18. The number of nitrogens with zero attached hydrogens (tertiary/aromatic N) is 5. The standard InChI is InChI=1S/C17H25N7O/c25-17(23-10-5-3-6-13(23)16-18-8-9-19-16)20-12-15-22-21-14-7-2-1-4-11-24(14)15/h8-9,13H,1-7,10-12H2,(H,18,19)(H,20,25). The molecule has 0 aromatic carbocycles. The van der Waals surface area contributed by atoms with Crippen molar-refractivity contribution in [2.24, 2.45) is 0 Å². The molecule has 2 amide bonds. The molecule has 0 bridgehead atoms. The zero-order chi connectivity index (χ0) is 17.1. The first-order valence-corrected chi connectivity index (χ1v) is 9.27. The number of aromatic amines is 1. The Morgan fingerprint density at radius 1 is 1.20 bits per heavy atom. The zero-order valence-corrected chi connectivity index (χ0v) is 14.4. The number of piperidine rings is 1. The molecule has 2 aromatic heterocycles. The van der Waals surface area contributed by atoms with Gasteiger partial charge in [-0.2, -0.15) is 0 Å². The van der Waals surface area contributed by atoms with Gasteiger partial charge in [-0.3, -0.25) is 0 Å². The Bertz CT molecular complexity index is 709. The maximum Gasteiger partial charge on any atom is 0.318 e. The first-order chi connectivity index (χ1) is 12.3. The van der Waals surface area contributed by atoms with Crippen LogP contribution in [0.25, 0.3) is 0 Å². The Hall–Kier alpha value is -2.38. The Morgan fingerprint density at radius 2 is 2.12 bits per heavy atom. The number of likely N-dealkylation sites (tertiary alicyclic amines) is 1. The fraction of sp³-hybridized carbons (Fsp3) is 0.647. The third kappa shape index (κ3) is 3.38. The average Bonchev–Trinajstić information content (AvgIpc) is 3.25. The van der Waals surface area contributed by atoms with Gasteiger partial charge in [-0.25, -0.2) is 9.78 Å². The van der Waals surface area contributed by atoms with E-state index in [1.165, 1.54) is 12.8 Å². The molecule has 2 aromatic rings. The summed E-state index contributed by atoms with van der Waals surface area (Å²) in [6.07, 6.45) is 11.2. The Balaban J connectivity index is 1.42. The largest absolute Gasteiger partial charge is 0.347 e. The molecule has 2 aliphatic rings. The average molecular weight is 343 g/mol. The zero-order valence-electron chi connectivity index (χ0n) is 14.4. The highest BCUT2D eigenvalue weighted by Gasteiger charge is 2.29. The second-order valence-electron chi connectivity index (χ2n) is 6.83. The highest BCUT2D eigenvalue weighted by atomic mass is 16.2. The van der Waals surface area contributed by atoms with Gasteiger partial charge in [0.25, 0.3) is 0 Å². The molecule has 25 heavy (non-hydrogen) atoms. The van der Waals surface area contributed by atoms with Crippen LogP contribution < -0.4 is 5.32 Å². The molecule has 1 atom stereocenters. The van der Waals surface area contributed by atoms with E-state index < -0.39 is 0 Å². The summed E-state index contributed by atoms with van der Waals surface area (Å²) in [5, 5.41) is 11.6. The van der Waals surface area contributed by atoms with Gasteiger partial charge in [-0.05, 0) is 32.1 Å². The summed E-state index contributed by atoms with van der Waals surface area (Å²) in [4.78, 5) is 22.1. The monoisotopic (exact) mass is 343 g/mol. The molecule has 1 saturated heterocycles. The van der Waals surface area contributed by atoms with Gasteiger partial charge in [0.15, 0.2) is 5.82 Å². The van der Waals surface area contributed by atoms with Crippen LogP contribution >= 0.6 is 0 Å². The molecule has 8 heteroatoms. The van der Waals surface area contributed by atoms with E-state index in [1.807, 2.05) is 11.1 Å². The number of amides is 2. The summed E-state index contributed by atoms with van der Waals surface area (Å²) >= 11 is 0. The van der Waals surface area contributed by atoms with E-state index >= 15 is 0 Å². The summed E-state index contributed by atoms with van der Waals surface area (Å²) in [5.74, 6) is 2.77. The lowest BCUT2D eigenvalue weighted by Crippen LogP contribution is -2.45. The normalized spacial score (nSPS) is 20.8. The number of urea groups is 1. The first-order valence-electron chi connectivity index (χ1n) is 9.27. The molecule has 1 unspecified atom stereocenters. The van der Waals surface area contributed by atoms with Crippen molar-refractivity contribution in [1.82, 2.24) is 34.9 Å². The first kappa shape index (κ1) is 16.1. The predicted octanol–water partition coefficient (Wildman–Crippen LogP) is 2.16. The van der Waals surface area contributed by atoms with Crippen LogP contribution in [0.4, 0.5) is 4.79 Å². The van der Waals surface area contributed by atoms with Crippen LogP contribution in [-0.2, 0) is 19.5 Å². The van der Waals surface area contributed by atoms with Crippen LogP contribution in [0.3, 0.4) is 0 Å². The molecular weight excluding hydrogens is 318 g/mol. The number of aromatic nitrogens is 5. The van der Waals surface area contributed by atoms with E-state index in [2.05, 4.69) is 30.0 Å². The van der Waals surface area contributed by atoms with Crippen molar-refractivity contribution >= 4 is 6.03 Å². The van der Waals surface area contributed by atoms with Crippen molar-refractivity contribution in [2.75, 3.05) is 6.54 Å². The Labute approximate surface area is 147 Å². The van der Waals surface area contributed by atoms with Crippen LogP contribution in [0.15, 0.2) is 12.4 Å². The fourth-order valence-electron chi connectivity index (χ4n) is 3.85. The van der Waals surface area contributed by atoms with E-state index in [0.29, 0.717) is 6.54 Å². The Kier molecular flexibility index (Phi) is 4.67. The van der Waals surface area contributed by atoms with Gasteiger partial charge in [0.1, 0.15) is 11.6 Å². The van der Waals surface area contributed by atoms with Crippen LogP contribution in [0.5, 0.6) is 0 Å². The molecule has 2 aliphatic heterocycles. The van der Waals surface area contributed by atoms with Crippen LogP contribution in [0, 0.1) is 0 Å². The summed E-state index contributed by atoms with van der Waals surface area (Å²) in [5.41, 5.74) is 0. The van der Waals surface area contributed by atoms with E-state index in [0.717, 1.165) is 62.7 Å². The minimum atomic E-state index is -0.0490. The number of nitrogens with one attached hydrogen (secondary N) is 2. The predicted molar refractivity (Wildman–Crippen MR) is 91.7 cm³/mol. The molecule has 134 valence electrons. The van der Waals surface area contributed by atoms with Crippen molar-refractivity contribution < 1.29 is 4.79 Å². The number of rotatable bonds is 3. The SMILES string of the molecule is O=C(NCc1nnc2n1CCCCC2)N1CCCCC1c1ncc[nH]1. The van der Waals surface area contributed by atoms with Crippen molar-refractivity contribution in [1.29, 1.82) is 0 Å². The van der Waals surface area contributed by atoms with Gasteiger partial charge in [0, 0.05) is 31.9 Å². The fourth-order valence-corrected chi connectivity index (χ4v) is 3.85. The number of H-pyrrole nitrogens is 1. The number of imidazole rings is 1. The maximum absolute atomic E-state index is 12.8. The number of hydrogen-bond acceptors (Lipinski definition) is 4. The maximum atomic E-state index is 12.8. The van der Waals surface area contributed by atoms with Gasteiger partial charge in [-0.15, -0.1) is 10.2 Å².